The summed E-state index contributed by atoms with van der Waals surface area (Å²) in [6.07, 6.45) is 5.33. The Balaban J connectivity index is 1.59. The number of nitrogens with zero attached hydrogens (tertiary/aromatic N) is 1. The number of hydrogen-bond donors (Lipinski definition) is 0. The third-order valence-corrected chi connectivity index (χ3v) is 6.26. The molecule has 1 heteroatoms. The summed E-state index contributed by atoms with van der Waals surface area (Å²) in [5, 5.41) is 0. The Labute approximate surface area is 163 Å². The fourth-order valence-corrected chi connectivity index (χ4v) is 4.32. The molecule has 0 spiro atoms. The van der Waals surface area contributed by atoms with Crippen LogP contribution < -0.4 is 4.90 Å². The molecule has 1 saturated carbocycles. The molecule has 138 valence electrons. The first kappa shape index (κ1) is 17.9. The van der Waals surface area contributed by atoms with Crippen molar-refractivity contribution in [2.24, 2.45) is 0 Å². The molecule has 0 radical (unpaired) electrons. The normalized spacial score (nSPS) is 15.1. The van der Waals surface area contributed by atoms with E-state index in [1.165, 1.54) is 48.1 Å². The number of benzene rings is 3. The molecular weight excluding hydrogens is 326 g/mol. The largest absolute Gasteiger partial charge is 0.363 e. The second kappa shape index (κ2) is 8.00. The second-order valence-corrected chi connectivity index (χ2v) is 7.86. The first-order valence-corrected chi connectivity index (χ1v) is 10.2. The zero-order valence-electron chi connectivity index (χ0n) is 16.3. The summed E-state index contributed by atoms with van der Waals surface area (Å²) in [5.74, 6) is 0. The van der Waals surface area contributed by atoms with E-state index in [1.807, 2.05) is 0 Å². The van der Waals surface area contributed by atoms with Crippen LogP contribution in [0.2, 0.25) is 0 Å². The fraction of sp³-hybridized carbons (Fsp3) is 0.308. The Hall–Kier alpha value is -2.54. The summed E-state index contributed by atoms with van der Waals surface area (Å²) in [7, 11) is 0. The molecule has 0 aromatic heterocycles. The minimum absolute atomic E-state index is 0.447. The highest BCUT2D eigenvalue weighted by Crippen LogP contribution is 2.46. The zero-order chi connectivity index (χ0) is 18.5. The minimum atomic E-state index is 0.447. The molecule has 1 aliphatic rings. The molecule has 0 atom stereocenters. The molecule has 0 saturated heterocycles. The lowest BCUT2D eigenvalue weighted by Crippen LogP contribution is -2.33. The van der Waals surface area contributed by atoms with Crippen molar-refractivity contribution in [2.45, 2.75) is 51.1 Å². The van der Waals surface area contributed by atoms with Crippen molar-refractivity contribution < 1.29 is 0 Å². The maximum absolute atomic E-state index is 2.48. The van der Waals surface area contributed by atoms with Crippen LogP contribution in [-0.4, -0.2) is 0 Å². The molecule has 27 heavy (non-hydrogen) atoms. The van der Waals surface area contributed by atoms with E-state index < -0.39 is 0 Å². The molecule has 0 amide bonds. The minimum Gasteiger partial charge on any atom is -0.363 e. The van der Waals surface area contributed by atoms with E-state index in [0.29, 0.717) is 5.41 Å². The van der Waals surface area contributed by atoms with Gasteiger partial charge in [0.15, 0.2) is 0 Å². The van der Waals surface area contributed by atoms with Gasteiger partial charge in [0.25, 0.3) is 0 Å². The maximum atomic E-state index is 2.48. The maximum Gasteiger partial charge on any atom is 0.0433 e. The zero-order valence-corrected chi connectivity index (χ0v) is 16.3. The SMILES string of the molecule is CCC1(c2ccc(N(Cc3ccccc3)Cc3ccccc3)cc2)CCC1. The molecule has 0 aliphatic heterocycles. The van der Waals surface area contributed by atoms with Gasteiger partial charge in [0.1, 0.15) is 0 Å². The summed E-state index contributed by atoms with van der Waals surface area (Å²) >= 11 is 0. The van der Waals surface area contributed by atoms with Crippen molar-refractivity contribution in [3.8, 4) is 0 Å². The van der Waals surface area contributed by atoms with Gasteiger partial charge in [-0.25, -0.2) is 0 Å². The van der Waals surface area contributed by atoms with Crippen molar-refractivity contribution in [3.63, 3.8) is 0 Å². The van der Waals surface area contributed by atoms with Crippen LogP contribution in [0.1, 0.15) is 49.3 Å². The quantitative estimate of drug-likeness (QED) is 0.454. The Kier molecular flexibility index (Phi) is 5.29. The third-order valence-electron chi connectivity index (χ3n) is 6.26. The highest BCUT2D eigenvalue weighted by molar-refractivity contribution is 5.50. The van der Waals surface area contributed by atoms with Gasteiger partial charge in [-0.3, -0.25) is 0 Å². The first-order valence-electron chi connectivity index (χ1n) is 10.2. The number of hydrogen-bond acceptors (Lipinski definition) is 1. The van der Waals surface area contributed by atoms with Gasteiger partial charge in [0.05, 0.1) is 0 Å². The standard InChI is InChI=1S/C26H29N/c1-2-26(18-9-19-26)24-14-16-25(17-15-24)27(20-22-10-5-3-6-11-22)21-23-12-7-4-8-13-23/h3-8,10-17H,2,9,18-21H2,1H3. The van der Waals surface area contributed by atoms with Crippen LogP contribution in [0, 0.1) is 0 Å². The van der Waals surface area contributed by atoms with E-state index in [2.05, 4.69) is 96.8 Å². The molecule has 1 fully saturated rings. The van der Waals surface area contributed by atoms with Crippen LogP contribution in [-0.2, 0) is 18.5 Å². The van der Waals surface area contributed by atoms with Gasteiger partial charge in [-0.2, -0.15) is 0 Å². The third kappa shape index (κ3) is 3.93. The molecule has 0 bridgehead atoms. The van der Waals surface area contributed by atoms with E-state index in [0.717, 1.165) is 13.1 Å². The summed E-state index contributed by atoms with van der Waals surface area (Å²) < 4.78 is 0. The molecule has 3 aromatic rings. The molecule has 4 rings (SSSR count). The van der Waals surface area contributed by atoms with Gasteiger partial charge >= 0.3 is 0 Å². The van der Waals surface area contributed by atoms with Crippen molar-refractivity contribution >= 4 is 5.69 Å². The highest BCUT2D eigenvalue weighted by atomic mass is 15.1. The molecule has 1 aliphatic carbocycles. The van der Waals surface area contributed by atoms with Gasteiger partial charge in [0.2, 0.25) is 0 Å². The lowest BCUT2D eigenvalue weighted by atomic mass is 9.63. The number of rotatable bonds is 7. The van der Waals surface area contributed by atoms with Gasteiger partial charge < -0.3 is 4.90 Å². The Morgan fingerprint density at radius 2 is 1.22 bits per heavy atom. The van der Waals surface area contributed by atoms with Gasteiger partial charge in [-0.05, 0) is 53.5 Å². The average Bonchev–Trinajstić information content (AvgIpc) is 2.69. The molecule has 0 N–H and O–H groups in total. The predicted octanol–water partition coefficient (Wildman–Crippen LogP) is 6.73. The topological polar surface area (TPSA) is 3.24 Å². The summed E-state index contributed by atoms with van der Waals surface area (Å²) in [6, 6.07) is 30.9. The van der Waals surface area contributed by atoms with E-state index in [9.17, 15) is 0 Å². The van der Waals surface area contributed by atoms with Crippen LogP contribution in [0.15, 0.2) is 84.9 Å². The molecule has 3 aromatic carbocycles. The van der Waals surface area contributed by atoms with Gasteiger partial charge in [-0.15, -0.1) is 0 Å². The van der Waals surface area contributed by atoms with Gasteiger partial charge in [-0.1, -0.05) is 86.1 Å². The van der Waals surface area contributed by atoms with Crippen molar-refractivity contribution in [1.29, 1.82) is 0 Å². The highest BCUT2D eigenvalue weighted by Gasteiger charge is 2.36. The molecule has 0 unspecified atom stereocenters. The Morgan fingerprint density at radius 1 is 0.704 bits per heavy atom. The van der Waals surface area contributed by atoms with Crippen LogP contribution in [0.25, 0.3) is 0 Å². The Morgan fingerprint density at radius 3 is 1.63 bits per heavy atom. The van der Waals surface area contributed by atoms with Crippen molar-refractivity contribution in [2.75, 3.05) is 4.90 Å². The molecule has 0 heterocycles. The van der Waals surface area contributed by atoms with E-state index in [4.69, 9.17) is 0 Å². The summed E-state index contributed by atoms with van der Waals surface area (Å²) in [4.78, 5) is 2.48. The van der Waals surface area contributed by atoms with Crippen LogP contribution in [0.3, 0.4) is 0 Å². The van der Waals surface area contributed by atoms with E-state index in [1.54, 1.807) is 0 Å². The van der Waals surface area contributed by atoms with Gasteiger partial charge in [0, 0.05) is 18.8 Å². The lowest BCUT2D eigenvalue weighted by molar-refractivity contribution is 0.235. The van der Waals surface area contributed by atoms with E-state index >= 15 is 0 Å². The average molecular weight is 356 g/mol. The monoisotopic (exact) mass is 355 g/mol. The van der Waals surface area contributed by atoms with Crippen molar-refractivity contribution in [1.82, 2.24) is 0 Å². The summed E-state index contributed by atoms with van der Waals surface area (Å²) in [5.41, 5.74) is 5.97. The van der Waals surface area contributed by atoms with Crippen LogP contribution >= 0.6 is 0 Å². The second-order valence-electron chi connectivity index (χ2n) is 7.86. The molecular formula is C26H29N. The van der Waals surface area contributed by atoms with Crippen molar-refractivity contribution in [3.05, 3.63) is 102 Å². The Bertz CT molecular complexity index is 785. The fourth-order valence-electron chi connectivity index (χ4n) is 4.32. The smallest absolute Gasteiger partial charge is 0.0433 e. The van der Waals surface area contributed by atoms with Crippen LogP contribution in [0.4, 0.5) is 5.69 Å². The molecule has 1 nitrogen and oxygen atoms in total. The lowest BCUT2D eigenvalue weighted by Gasteiger charge is -2.42. The first-order chi connectivity index (χ1) is 13.3. The van der Waals surface area contributed by atoms with E-state index in [-0.39, 0.29) is 0 Å². The number of anilines is 1. The predicted molar refractivity (Wildman–Crippen MR) is 115 cm³/mol. The van der Waals surface area contributed by atoms with Crippen LogP contribution in [0.5, 0.6) is 0 Å². The summed E-state index contributed by atoms with van der Waals surface area (Å²) in [6.45, 7) is 4.19.